The van der Waals surface area contributed by atoms with E-state index in [1.165, 1.54) is 0 Å². The monoisotopic (exact) mass is 293 g/mol. The second-order valence-electron chi connectivity index (χ2n) is 5.20. The van der Waals surface area contributed by atoms with Gasteiger partial charge in [-0.1, -0.05) is 0 Å². The molecule has 4 N–H and O–H groups in total. The van der Waals surface area contributed by atoms with Gasteiger partial charge in [0, 0.05) is 11.8 Å². The zero-order chi connectivity index (χ0) is 15.1. The Hall–Kier alpha value is -1.56. The van der Waals surface area contributed by atoms with Crippen molar-refractivity contribution in [3.63, 3.8) is 0 Å². The number of aliphatic hydroxyl groups is 2. The lowest BCUT2D eigenvalue weighted by Crippen LogP contribution is -2.26. The number of hydrogen-bond donors (Lipinski definition) is 3. The van der Waals surface area contributed by atoms with E-state index in [0.717, 1.165) is 24.4 Å². The molecule has 5 heteroatoms. The topological polar surface area (TPSA) is 92.8 Å². The van der Waals surface area contributed by atoms with Gasteiger partial charge in [-0.05, 0) is 49.6 Å². The summed E-state index contributed by atoms with van der Waals surface area (Å²) in [6.45, 7) is 0.489. The molecule has 0 saturated carbocycles. The molecule has 0 radical (unpaired) electrons. The highest BCUT2D eigenvalue weighted by atomic mass is 16.3. The fourth-order valence-corrected chi connectivity index (χ4v) is 2.91. The number of hydrogen-bond acceptors (Lipinski definition) is 5. The zero-order valence-electron chi connectivity index (χ0n) is 12.0. The van der Waals surface area contributed by atoms with Crippen LogP contribution in [0.3, 0.4) is 0 Å². The van der Waals surface area contributed by atoms with Crippen molar-refractivity contribution < 1.29 is 19.0 Å². The average Bonchev–Trinajstić information content (AvgIpc) is 3.19. The molecule has 0 amide bonds. The molecule has 2 heterocycles. The first-order valence-electron chi connectivity index (χ1n) is 7.30. The van der Waals surface area contributed by atoms with Gasteiger partial charge in [-0.2, -0.15) is 0 Å². The van der Waals surface area contributed by atoms with Crippen LogP contribution in [-0.2, 0) is 0 Å². The Balaban J connectivity index is 2.27. The van der Waals surface area contributed by atoms with Crippen LogP contribution in [0.1, 0.15) is 36.2 Å². The third-order valence-corrected chi connectivity index (χ3v) is 3.99. The van der Waals surface area contributed by atoms with Gasteiger partial charge in [0.25, 0.3) is 0 Å². The molecule has 0 aromatic carbocycles. The molecule has 2 unspecified atom stereocenters. The maximum atomic E-state index is 9.81. The van der Waals surface area contributed by atoms with Gasteiger partial charge in [0.1, 0.15) is 11.5 Å². The molecule has 5 nitrogen and oxygen atoms in total. The van der Waals surface area contributed by atoms with Crippen molar-refractivity contribution >= 4 is 0 Å². The van der Waals surface area contributed by atoms with Gasteiger partial charge in [0.15, 0.2) is 0 Å². The van der Waals surface area contributed by atoms with E-state index in [2.05, 4.69) is 0 Å². The highest BCUT2D eigenvalue weighted by molar-refractivity contribution is 5.14. The third-order valence-electron chi connectivity index (χ3n) is 3.99. The molecule has 2 aromatic rings. The van der Waals surface area contributed by atoms with Crippen molar-refractivity contribution in [2.45, 2.75) is 24.7 Å². The molecule has 0 aliphatic rings. The van der Waals surface area contributed by atoms with Crippen LogP contribution in [0.5, 0.6) is 0 Å². The predicted molar refractivity (Wildman–Crippen MR) is 78.8 cm³/mol. The Kier molecular flexibility index (Phi) is 6.04. The summed E-state index contributed by atoms with van der Waals surface area (Å²) in [6, 6.07) is 7.32. The van der Waals surface area contributed by atoms with Gasteiger partial charge in [-0.3, -0.25) is 0 Å². The van der Waals surface area contributed by atoms with Crippen LogP contribution in [0.2, 0.25) is 0 Å². The highest BCUT2D eigenvalue weighted by Gasteiger charge is 2.33. The first-order valence-corrected chi connectivity index (χ1v) is 7.30. The van der Waals surface area contributed by atoms with Crippen molar-refractivity contribution in [2.24, 2.45) is 11.7 Å². The molecular formula is C16H23NO4. The van der Waals surface area contributed by atoms with Crippen LogP contribution in [0, 0.1) is 5.92 Å². The van der Waals surface area contributed by atoms with E-state index in [0.29, 0.717) is 6.54 Å². The molecule has 21 heavy (non-hydrogen) atoms. The van der Waals surface area contributed by atoms with Gasteiger partial charge in [-0.15, -0.1) is 0 Å². The number of aliphatic hydroxyl groups excluding tert-OH is 2. The lowest BCUT2D eigenvalue weighted by molar-refractivity contribution is 0.138. The molecule has 2 rings (SSSR count). The maximum Gasteiger partial charge on any atom is 0.109 e. The first kappa shape index (κ1) is 15.8. The summed E-state index contributed by atoms with van der Waals surface area (Å²) >= 11 is 0. The molecular weight excluding hydrogens is 270 g/mol. The van der Waals surface area contributed by atoms with E-state index in [-0.39, 0.29) is 31.0 Å². The summed E-state index contributed by atoms with van der Waals surface area (Å²) in [5.41, 5.74) is 5.63. The predicted octanol–water partition coefficient (Wildman–Crippen LogP) is 2.08. The molecule has 0 aliphatic carbocycles. The minimum atomic E-state index is -0.186. The van der Waals surface area contributed by atoms with Gasteiger partial charge in [0.05, 0.1) is 25.7 Å². The van der Waals surface area contributed by atoms with Crippen LogP contribution in [0.15, 0.2) is 45.6 Å². The Morgan fingerprint density at radius 3 is 1.81 bits per heavy atom. The van der Waals surface area contributed by atoms with E-state index in [4.69, 9.17) is 14.6 Å². The molecule has 0 bridgehead atoms. The van der Waals surface area contributed by atoms with Gasteiger partial charge in [0.2, 0.25) is 0 Å². The Morgan fingerprint density at radius 2 is 1.48 bits per heavy atom. The molecule has 0 aliphatic heterocycles. The van der Waals surface area contributed by atoms with E-state index in [9.17, 15) is 10.2 Å². The number of nitrogens with two attached hydrogens (primary N) is 1. The van der Waals surface area contributed by atoms with Crippen LogP contribution < -0.4 is 5.73 Å². The third kappa shape index (κ3) is 3.75. The first-order chi connectivity index (χ1) is 10.3. The molecule has 116 valence electrons. The molecule has 2 aromatic heterocycles. The summed E-state index contributed by atoms with van der Waals surface area (Å²) in [5, 5.41) is 19.6. The number of rotatable bonds is 9. The number of furan rings is 2. The Bertz CT molecular complexity index is 438. The van der Waals surface area contributed by atoms with Crippen molar-refractivity contribution in [3.05, 3.63) is 48.3 Å². The largest absolute Gasteiger partial charge is 0.469 e. The van der Waals surface area contributed by atoms with Crippen molar-refractivity contribution in [1.82, 2.24) is 0 Å². The van der Waals surface area contributed by atoms with Crippen molar-refractivity contribution in [3.8, 4) is 0 Å². The lowest BCUT2D eigenvalue weighted by Gasteiger charge is -2.30. The van der Waals surface area contributed by atoms with Crippen LogP contribution in [0.25, 0.3) is 0 Å². The van der Waals surface area contributed by atoms with Crippen LogP contribution >= 0.6 is 0 Å². The van der Waals surface area contributed by atoms with Crippen LogP contribution in [-0.4, -0.2) is 30.0 Å². The zero-order valence-corrected chi connectivity index (χ0v) is 12.0. The summed E-state index contributed by atoms with van der Waals surface area (Å²) < 4.78 is 10.9. The fraction of sp³-hybridized carbons (Fsp3) is 0.500. The molecule has 0 spiro atoms. The fourth-order valence-electron chi connectivity index (χ4n) is 2.91. The van der Waals surface area contributed by atoms with Gasteiger partial charge < -0.3 is 24.8 Å². The summed E-state index contributed by atoms with van der Waals surface area (Å²) in [4.78, 5) is 0. The maximum absolute atomic E-state index is 9.81. The Morgan fingerprint density at radius 1 is 0.952 bits per heavy atom. The summed E-state index contributed by atoms with van der Waals surface area (Å²) in [5.74, 6) is 1.08. The van der Waals surface area contributed by atoms with Gasteiger partial charge >= 0.3 is 0 Å². The minimum Gasteiger partial charge on any atom is -0.469 e. The van der Waals surface area contributed by atoms with E-state index >= 15 is 0 Å². The lowest BCUT2D eigenvalue weighted by atomic mass is 9.77. The van der Waals surface area contributed by atoms with Crippen LogP contribution in [0.4, 0.5) is 0 Å². The van der Waals surface area contributed by atoms with Gasteiger partial charge in [-0.25, -0.2) is 0 Å². The Labute approximate surface area is 124 Å². The van der Waals surface area contributed by atoms with Crippen molar-refractivity contribution in [1.29, 1.82) is 0 Å². The minimum absolute atomic E-state index is 0.000787. The smallest absolute Gasteiger partial charge is 0.109 e. The molecule has 0 saturated heterocycles. The van der Waals surface area contributed by atoms with E-state index < -0.39 is 0 Å². The molecule has 2 atom stereocenters. The average molecular weight is 293 g/mol. The van der Waals surface area contributed by atoms with E-state index in [1.807, 2.05) is 12.1 Å². The highest BCUT2D eigenvalue weighted by Crippen LogP contribution is 2.39. The second kappa shape index (κ2) is 8.02. The summed E-state index contributed by atoms with van der Waals surface area (Å²) in [7, 11) is 0. The SMILES string of the molecule is NCCCC(C(CO)c1ccco1)C(CO)c1ccco1. The van der Waals surface area contributed by atoms with Crippen molar-refractivity contribution in [2.75, 3.05) is 19.8 Å². The van der Waals surface area contributed by atoms with E-state index in [1.54, 1.807) is 24.7 Å². The quantitative estimate of drug-likeness (QED) is 0.658. The second-order valence-corrected chi connectivity index (χ2v) is 5.20. The molecule has 0 fully saturated rings. The normalized spacial score (nSPS) is 15.8. The standard InChI is InChI=1S/C16H23NO4/c17-7-1-4-12(13(10-18)15-5-2-8-20-15)14(11-19)16-6-3-9-21-16/h2-3,5-6,8-9,12-14,18-19H,1,4,7,10-11,17H2. The summed E-state index contributed by atoms with van der Waals surface area (Å²) in [6.07, 6.45) is 4.80.